The Bertz CT molecular complexity index is 636. The summed E-state index contributed by atoms with van der Waals surface area (Å²) in [5, 5.41) is 7.28. The third-order valence-electron chi connectivity index (χ3n) is 2.69. The molecule has 1 aromatic rings. The van der Waals surface area contributed by atoms with Gasteiger partial charge >= 0.3 is 5.97 Å². The summed E-state index contributed by atoms with van der Waals surface area (Å²) in [6.07, 6.45) is 0.257. The molecule has 0 saturated heterocycles. The van der Waals surface area contributed by atoms with Crippen LogP contribution >= 0.6 is 0 Å². The zero-order chi connectivity index (χ0) is 16.9. The van der Waals surface area contributed by atoms with Crippen molar-refractivity contribution in [1.82, 2.24) is 0 Å². The Labute approximate surface area is 125 Å². The quantitative estimate of drug-likeness (QED) is 0.240. The number of ketones is 1. The summed E-state index contributed by atoms with van der Waals surface area (Å²) >= 11 is 0. The lowest BCUT2D eigenvalue weighted by atomic mass is 10.1. The number of nitrogens with two attached hydrogens (primary N) is 2. The molecule has 1 rings (SSSR count). The second kappa shape index (κ2) is 7.30. The number of Topliss-reactive ketones (excluding diaryl/α,β-unsaturated/α-hetero) is 1. The van der Waals surface area contributed by atoms with E-state index < -0.39 is 35.8 Å². The first kappa shape index (κ1) is 17.3. The number of nitrogens with one attached hydrogen (secondary N) is 1. The Balaban J connectivity index is 2.83. The van der Waals surface area contributed by atoms with Gasteiger partial charge in [0.2, 0.25) is 5.78 Å². The summed E-state index contributed by atoms with van der Waals surface area (Å²) < 4.78 is 30.7. The van der Waals surface area contributed by atoms with Crippen molar-refractivity contribution in [1.29, 1.82) is 5.41 Å². The zero-order valence-corrected chi connectivity index (χ0v) is 11.8. The fourth-order valence-electron chi connectivity index (χ4n) is 1.59. The van der Waals surface area contributed by atoms with E-state index in [-0.39, 0.29) is 23.3 Å². The number of esters is 1. The van der Waals surface area contributed by atoms with E-state index in [0.717, 1.165) is 12.1 Å². The van der Waals surface area contributed by atoms with Gasteiger partial charge in [-0.15, -0.1) is 0 Å². The number of carbonyl (C=O) groups is 2. The number of halogens is 2. The molecule has 0 fully saturated rings. The molecule has 0 amide bonds. The summed E-state index contributed by atoms with van der Waals surface area (Å²) in [6, 6.07) is 2.25. The maximum Gasteiger partial charge on any atom is 0.344 e. The van der Waals surface area contributed by atoms with Gasteiger partial charge in [0.1, 0.15) is 23.0 Å². The summed E-state index contributed by atoms with van der Waals surface area (Å²) in [5.41, 5.74) is 10.2. The molecule has 1 aromatic carbocycles. The molecule has 0 radical (unpaired) electrons. The Kier molecular flexibility index (Phi) is 5.73. The van der Waals surface area contributed by atoms with Gasteiger partial charge in [-0.2, -0.15) is 0 Å². The maximum absolute atomic E-state index is 13.0. The average Bonchev–Trinajstić information content (AvgIpc) is 2.43. The average molecular weight is 311 g/mol. The topological polar surface area (TPSA) is 119 Å². The van der Waals surface area contributed by atoms with Crippen LogP contribution in [0.25, 0.3) is 0 Å². The van der Waals surface area contributed by atoms with E-state index in [1.165, 1.54) is 0 Å². The molecule has 8 heteroatoms. The monoisotopic (exact) mass is 311 g/mol. The van der Waals surface area contributed by atoms with Gasteiger partial charge in [0.15, 0.2) is 6.61 Å². The largest absolute Gasteiger partial charge is 0.454 e. The van der Waals surface area contributed by atoms with Gasteiger partial charge in [-0.1, -0.05) is 6.92 Å². The molecule has 5 N–H and O–H groups in total. The van der Waals surface area contributed by atoms with Crippen LogP contribution in [0, 0.1) is 17.0 Å². The third kappa shape index (κ3) is 4.37. The number of rotatable bonds is 6. The molecule has 0 heterocycles. The first-order valence-corrected chi connectivity index (χ1v) is 6.25. The summed E-state index contributed by atoms with van der Waals surface area (Å²) in [6.45, 7) is 0.891. The SMILES string of the molecule is CC/C(N)=C(/C(=N)N)C(=O)OCC(=O)c1cc(F)cc(F)c1. The fraction of sp³-hybridized carbons (Fsp3) is 0.214. The molecule has 0 saturated carbocycles. The van der Waals surface area contributed by atoms with Crippen LogP contribution in [0.4, 0.5) is 8.78 Å². The molecule has 0 spiro atoms. The number of allylic oxidation sites excluding steroid dienone is 1. The Hall–Kier alpha value is -2.77. The van der Waals surface area contributed by atoms with Crippen LogP contribution in [0.5, 0.6) is 0 Å². The van der Waals surface area contributed by atoms with Crippen molar-refractivity contribution in [2.75, 3.05) is 6.61 Å². The fourth-order valence-corrected chi connectivity index (χ4v) is 1.59. The van der Waals surface area contributed by atoms with Crippen molar-refractivity contribution < 1.29 is 23.1 Å². The highest BCUT2D eigenvalue weighted by Crippen LogP contribution is 2.10. The predicted octanol–water partition coefficient (Wildman–Crippen LogP) is 1.25. The van der Waals surface area contributed by atoms with Crippen molar-refractivity contribution in [3.63, 3.8) is 0 Å². The molecule has 118 valence electrons. The minimum absolute atomic E-state index is 0.0433. The molecule has 0 aliphatic heterocycles. The number of ether oxygens (including phenoxy) is 1. The number of hydrogen-bond acceptors (Lipinski definition) is 5. The van der Waals surface area contributed by atoms with E-state index >= 15 is 0 Å². The molecule has 0 aliphatic carbocycles. The number of carbonyl (C=O) groups excluding carboxylic acids is 2. The highest BCUT2D eigenvalue weighted by Gasteiger charge is 2.20. The molecule has 6 nitrogen and oxygen atoms in total. The molecule has 22 heavy (non-hydrogen) atoms. The van der Waals surface area contributed by atoms with Crippen molar-refractivity contribution in [2.45, 2.75) is 13.3 Å². The number of benzene rings is 1. The Morgan fingerprint density at radius 1 is 1.18 bits per heavy atom. The molecular weight excluding hydrogens is 296 g/mol. The maximum atomic E-state index is 13.0. The highest BCUT2D eigenvalue weighted by molar-refractivity contribution is 6.17. The normalized spacial score (nSPS) is 11.6. The van der Waals surface area contributed by atoms with E-state index in [9.17, 15) is 18.4 Å². The highest BCUT2D eigenvalue weighted by atomic mass is 19.1. The second-order valence-corrected chi connectivity index (χ2v) is 4.32. The molecule has 0 bridgehead atoms. The minimum Gasteiger partial charge on any atom is -0.454 e. The van der Waals surface area contributed by atoms with E-state index in [1.807, 2.05) is 0 Å². The second-order valence-electron chi connectivity index (χ2n) is 4.32. The summed E-state index contributed by atoms with van der Waals surface area (Å²) in [7, 11) is 0. The zero-order valence-electron chi connectivity index (χ0n) is 11.8. The predicted molar refractivity (Wildman–Crippen MR) is 75.1 cm³/mol. The molecule has 0 aromatic heterocycles. The Morgan fingerprint density at radius 2 is 1.73 bits per heavy atom. The van der Waals surface area contributed by atoms with Crippen LogP contribution in [0.15, 0.2) is 29.5 Å². The van der Waals surface area contributed by atoms with E-state index in [4.69, 9.17) is 21.6 Å². The van der Waals surface area contributed by atoms with Crippen LogP contribution in [-0.2, 0) is 9.53 Å². The van der Waals surface area contributed by atoms with Crippen LogP contribution in [0.1, 0.15) is 23.7 Å². The lowest BCUT2D eigenvalue weighted by Gasteiger charge is -2.09. The van der Waals surface area contributed by atoms with E-state index in [2.05, 4.69) is 0 Å². The lowest BCUT2D eigenvalue weighted by molar-refractivity contribution is -0.137. The third-order valence-corrected chi connectivity index (χ3v) is 2.69. The van der Waals surface area contributed by atoms with Gasteiger partial charge in [0.25, 0.3) is 0 Å². The molecule has 0 unspecified atom stereocenters. The van der Waals surface area contributed by atoms with Crippen LogP contribution in [0.3, 0.4) is 0 Å². The van der Waals surface area contributed by atoms with E-state index in [1.54, 1.807) is 6.92 Å². The lowest BCUT2D eigenvalue weighted by Crippen LogP contribution is -2.27. The summed E-state index contributed by atoms with van der Waals surface area (Å²) in [5.74, 6) is -4.28. The standard InChI is InChI=1S/C14H15F2N3O3/c1-2-10(17)12(13(18)19)14(21)22-6-11(20)7-3-8(15)5-9(16)4-7/h3-5H,2,6,17H2,1H3,(H3,18,19)/b12-10+. The van der Waals surface area contributed by atoms with Gasteiger partial charge in [-0.05, 0) is 18.6 Å². The van der Waals surface area contributed by atoms with Gasteiger partial charge in [0.05, 0.1) is 0 Å². The first-order chi connectivity index (χ1) is 10.3. The molecular formula is C14H15F2N3O3. The van der Waals surface area contributed by atoms with Crippen molar-refractivity contribution >= 4 is 17.6 Å². The van der Waals surface area contributed by atoms with Gasteiger partial charge in [0, 0.05) is 17.3 Å². The van der Waals surface area contributed by atoms with Crippen molar-refractivity contribution in [2.24, 2.45) is 11.5 Å². The van der Waals surface area contributed by atoms with Gasteiger partial charge < -0.3 is 16.2 Å². The van der Waals surface area contributed by atoms with Crippen LogP contribution in [-0.4, -0.2) is 24.2 Å². The van der Waals surface area contributed by atoms with Gasteiger partial charge in [-0.25, -0.2) is 13.6 Å². The minimum atomic E-state index is -1.04. The van der Waals surface area contributed by atoms with Gasteiger partial charge in [-0.3, -0.25) is 10.2 Å². The van der Waals surface area contributed by atoms with E-state index in [0.29, 0.717) is 6.07 Å². The van der Waals surface area contributed by atoms with Crippen molar-refractivity contribution in [3.8, 4) is 0 Å². The number of hydrogen-bond donors (Lipinski definition) is 3. The number of amidine groups is 1. The first-order valence-electron chi connectivity index (χ1n) is 6.25. The molecule has 0 atom stereocenters. The smallest absolute Gasteiger partial charge is 0.344 e. The van der Waals surface area contributed by atoms with Crippen molar-refractivity contribution in [3.05, 3.63) is 46.7 Å². The van der Waals surface area contributed by atoms with Crippen LogP contribution in [0.2, 0.25) is 0 Å². The van der Waals surface area contributed by atoms with Crippen LogP contribution < -0.4 is 11.5 Å². The molecule has 0 aliphatic rings. The Morgan fingerprint density at radius 3 is 2.18 bits per heavy atom. The summed E-state index contributed by atoms with van der Waals surface area (Å²) in [4.78, 5) is 23.5.